The molecule has 3 rings (SSSR count). The molecule has 2 aliphatic rings. The number of aliphatic hydroxyl groups excluding tert-OH is 1. The van der Waals surface area contributed by atoms with Crippen LogP contribution in [0.2, 0.25) is 0 Å². The van der Waals surface area contributed by atoms with Gasteiger partial charge in [0.1, 0.15) is 0 Å². The molecule has 2 fully saturated rings. The number of ether oxygens (including phenoxy) is 2. The van der Waals surface area contributed by atoms with Gasteiger partial charge in [0.15, 0.2) is 6.29 Å². The number of rotatable bonds is 5. The molecule has 0 amide bonds. The van der Waals surface area contributed by atoms with E-state index in [0.29, 0.717) is 5.92 Å². The molecule has 108 valence electrons. The SMILES string of the molecule is C=C1[C@@H](CCC2OCCCO2)[C@]1(CO)c1ccccc1. The average Bonchev–Trinajstić information content (AvgIpc) is 3.11. The predicted octanol–water partition coefficient (Wildman–Crippen LogP) is 2.65. The molecule has 0 spiro atoms. The highest BCUT2D eigenvalue weighted by Gasteiger charge is 2.58. The Bertz CT molecular complexity index is 464. The lowest BCUT2D eigenvalue weighted by Gasteiger charge is -2.23. The second-order valence-corrected chi connectivity index (χ2v) is 5.68. The first-order valence-corrected chi connectivity index (χ1v) is 7.38. The highest BCUT2D eigenvalue weighted by molar-refractivity contribution is 5.52. The Labute approximate surface area is 120 Å². The van der Waals surface area contributed by atoms with Gasteiger partial charge in [-0.15, -0.1) is 0 Å². The molecule has 0 aromatic heterocycles. The van der Waals surface area contributed by atoms with Crippen LogP contribution < -0.4 is 0 Å². The standard InChI is InChI=1S/C17H22O3/c1-13-15(8-9-16-19-10-5-11-20-16)17(13,12-18)14-6-3-2-4-7-14/h2-4,6-7,15-16,18H,1,5,8-12H2/t15-,17+/m1/s1. The van der Waals surface area contributed by atoms with Gasteiger partial charge in [0.2, 0.25) is 0 Å². The zero-order valence-electron chi connectivity index (χ0n) is 11.8. The molecular weight excluding hydrogens is 252 g/mol. The summed E-state index contributed by atoms with van der Waals surface area (Å²) in [4.78, 5) is 0. The maximum atomic E-state index is 9.86. The van der Waals surface area contributed by atoms with E-state index in [1.807, 2.05) is 18.2 Å². The molecule has 1 aromatic carbocycles. The number of aliphatic hydroxyl groups is 1. The van der Waals surface area contributed by atoms with E-state index in [2.05, 4.69) is 18.7 Å². The minimum Gasteiger partial charge on any atom is -0.395 e. The van der Waals surface area contributed by atoms with Crippen molar-refractivity contribution in [2.45, 2.75) is 31.0 Å². The topological polar surface area (TPSA) is 38.7 Å². The molecule has 1 aliphatic heterocycles. The zero-order chi connectivity index (χ0) is 14.0. The van der Waals surface area contributed by atoms with Gasteiger partial charge in [-0.3, -0.25) is 0 Å². The van der Waals surface area contributed by atoms with Gasteiger partial charge in [0, 0.05) is 5.41 Å². The molecule has 1 aliphatic carbocycles. The lowest BCUT2D eigenvalue weighted by atomic mass is 9.92. The molecular formula is C17H22O3. The van der Waals surface area contributed by atoms with Crippen molar-refractivity contribution in [3.63, 3.8) is 0 Å². The lowest BCUT2D eigenvalue weighted by molar-refractivity contribution is -0.182. The van der Waals surface area contributed by atoms with Crippen LogP contribution in [-0.2, 0) is 14.9 Å². The van der Waals surface area contributed by atoms with Crippen LogP contribution in [0.1, 0.15) is 24.8 Å². The summed E-state index contributed by atoms with van der Waals surface area (Å²) in [6, 6.07) is 10.2. The molecule has 1 N–H and O–H groups in total. The number of hydrogen-bond acceptors (Lipinski definition) is 3. The van der Waals surface area contributed by atoms with Crippen LogP contribution >= 0.6 is 0 Å². The second-order valence-electron chi connectivity index (χ2n) is 5.68. The van der Waals surface area contributed by atoms with E-state index in [1.165, 1.54) is 5.56 Å². The van der Waals surface area contributed by atoms with Crippen LogP contribution in [0.25, 0.3) is 0 Å². The Kier molecular flexibility index (Phi) is 3.92. The van der Waals surface area contributed by atoms with E-state index in [9.17, 15) is 5.11 Å². The van der Waals surface area contributed by atoms with Gasteiger partial charge in [-0.1, -0.05) is 42.5 Å². The first-order chi connectivity index (χ1) is 9.79. The van der Waals surface area contributed by atoms with E-state index in [-0.39, 0.29) is 18.3 Å². The van der Waals surface area contributed by atoms with Crippen LogP contribution in [-0.4, -0.2) is 31.2 Å². The largest absolute Gasteiger partial charge is 0.395 e. The van der Waals surface area contributed by atoms with Gasteiger partial charge >= 0.3 is 0 Å². The Hall–Kier alpha value is -1.16. The average molecular weight is 274 g/mol. The molecule has 1 heterocycles. The first kappa shape index (κ1) is 13.8. The number of hydrogen-bond donors (Lipinski definition) is 1. The normalized spacial score (nSPS) is 30.4. The van der Waals surface area contributed by atoms with E-state index in [0.717, 1.165) is 38.0 Å². The quantitative estimate of drug-likeness (QED) is 0.839. The molecule has 0 unspecified atom stereocenters. The van der Waals surface area contributed by atoms with Gasteiger partial charge in [0.05, 0.1) is 19.8 Å². The highest BCUT2D eigenvalue weighted by Crippen LogP contribution is 2.60. The zero-order valence-corrected chi connectivity index (χ0v) is 11.8. The molecule has 1 saturated heterocycles. The van der Waals surface area contributed by atoms with E-state index >= 15 is 0 Å². The molecule has 2 atom stereocenters. The van der Waals surface area contributed by atoms with Crippen LogP contribution in [0.4, 0.5) is 0 Å². The van der Waals surface area contributed by atoms with Crippen molar-refractivity contribution in [1.82, 2.24) is 0 Å². The summed E-state index contributed by atoms with van der Waals surface area (Å²) in [5.41, 5.74) is 2.07. The highest BCUT2D eigenvalue weighted by atomic mass is 16.7. The van der Waals surface area contributed by atoms with Crippen LogP contribution in [0.15, 0.2) is 42.5 Å². The monoisotopic (exact) mass is 274 g/mol. The van der Waals surface area contributed by atoms with E-state index in [1.54, 1.807) is 0 Å². The van der Waals surface area contributed by atoms with Crippen molar-refractivity contribution in [2.24, 2.45) is 5.92 Å². The summed E-state index contributed by atoms with van der Waals surface area (Å²) in [6.07, 6.45) is 2.73. The van der Waals surface area contributed by atoms with Crippen molar-refractivity contribution in [3.05, 3.63) is 48.0 Å². The Morgan fingerprint density at radius 3 is 2.50 bits per heavy atom. The Morgan fingerprint density at radius 1 is 1.15 bits per heavy atom. The Balaban J connectivity index is 1.64. The van der Waals surface area contributed by atoms with Crippen molar-refractivity contribution >= 4 is 0 Å². The van der Waals surface area contributed by atoms with Gasteiger partial charge in [-0.05, 0) is 30.7 Å². The second kappa shape index (κ2) is 5.68. The summed E-state index contributed by atoms with van der Waals surface area (Å²) < 4.78 is 11.2. The minimum absolute atomic E-state index is 0.0793. The van der Waals surface area contributed by atoms with E-state index < -0.39 is 0 Å². The van der Waals surface area contributed by atoms with Crippen LogP contribution in [0.3, 0.4) is 0 Å². The fraction of sp³-hybridized carbons (Fsp3) is 0.529. The minimum atomic E-state index is -0.240. The lowest BCUT2D eigenvalue weighted by Crippen LogP contribution is -2.25. The Morgan fingerprint density at radius 2 is 1.85 bits per heavy atom. The van der Waals surface area contributed by atoms with Crippen molar-refractivity contribution in [3.8, 4) is 0 Å². The first-order valence-electron chi connectivity index (χ1n) is 7.38. The summed E-state index contributed by atoms with van der Waals surface area (Å²) in [5.74, 6) is 0.337. The fourth-order valence-corrected chi connectivity index (χ4v) is 3.37. The molecule has 3 nitrogen and oxygen atoms in total. The summed E-state index contributed by atoms with van der Waals surface area (Å²) in [6.45, 7) is 5.89. The smallest absolute Gasteiger partial charge is 0.157 e. The van der Waals surface area contributed by atoms with Crippen LogP contribution in [0, 0.1) is 5.92 Å². The third kappa shape index (κ3) is 2.30. The van der Waals surface area contributed by atoms with Gasteiger partial charge in [-0.2, -0.15) is 0 Å². The van der Waals surface area contributed by atoms with Gasteiger partial charge < -0.3 is 14.6 Å². The summed E-state index contributed by atoms with van der Waals surface area (Å²) >= 11 is 0. The molecule has 1 saturated carbocycles. The van der Waals surface area contributed by atoms with Crippen molar-refractivity contribution < 1.29 is 14.6 Å². The maximum Gasteiger partial charge on any atom is 0.157 e. The maximum absolute atomic E-state index is 9.86. The summed E-state index contributed by atoms with van der Waals surface area (Å²) in [5, 5.41) is 9.86. The summed E-state index contributed by atoms with van der Waals surface area (Å²) in [7, 11) is 0. The fourth-order valence-electron chi connectivity index (χ4n) is 3.37. The van der Waals surface area contributed by atoms with Crippen LogP contribution in [0.5, 0.6) is 0 Å². The third-order valence-electron chi connectivity index (χ3n) is 4.63. The third-order valence-corrected chi connectivity index (χ3v) is 4.63. The molecule has 0 radical (unpaired) electrons. The molecule has 20 heavy (non-hydrogen) atoms. The predicted molar refractivity (Wildman–Crippen MR) is 77.4 cm³/mol. The molecule has 0 bridgehead atoms. The van der Waals surface area contributed by atoms with Crippen molar-refractivity contribution in [2.75, 3.05) is 19.8 Å². The van der Waals surface area contributed by atoms with Gasteiger partial charge in [-0.25, -0.2) is 0 Å². The molecule has 1 aromatic rings. The van der Waals surface area contributed by atoms with E-state index in [4.69, 9.17) is 9.47 Å². The van der Waals surface area contributed by atoms with Crippen molar-refractivity contribution in [1.29, 1.82) is 0 Å². The van der Waals surface area contributed by atoms with Gasteiger partial charge in [0.25, 0.3) is 0 Å². The molecule has 3 heteroatoms. The number of benzene rings is 1.